The topological polar surface area (TPSA) is 67.6 Å². The van der Waals surface area contributed by atoms with Gasteiger partial charge in [0.2, 0.25) is 0 Å². The quantitative estimate of drug-likeness (QED) is 0.557. The molecule has 0 unspecified atom stereocenters. The van der Waals surface area contributed by atoms with E-state index in [2.05, 4.69) is 45.3 Å². The van der Waals surface area contributed by atoms with Crippen molar-refractivity contribution in [2.45, 2.75) is 51.0 Å². The molecule has 1 saturated carbocycles. The molecule has 1 aliphatic heterocycles. The fourth-order valence-corrected chi connectivity index (χ4v) is 5.03. The number of carbonyl (C=O) groups excluding carboxylic acids is 1. The van der Waals surface area contributed by atoms with E-state index in [1.54, 1.807) is 4.68 Å². The number of hydrogen-bond acceptors (Lipinski definition) is 4. The fourth-order valence-electron chi connectivity index (χ4n) is 4.60. The first-order valence-corrected chi connectivity index (χ1v) is 11.8. The number of aromatic nitrogens is 2. The number of aliphatic hydroxyl groups excluding tert-OH is 1. The minimum Gasteiger partial charge on any atom is -0.486 e. The van der Waals surface area contributed by atoms with Gasteiger partial charge in [0, 0.05) is 31.9 Å². The van der Waals surface area contributed by atoms with Crippen molar-refractivity contribution < 1.29 is 14.6 Å². The lowest BCUT2D eigenvalue weighted by Gasteiger charge is -2.29. The Morgan fingerprint density at radius 1 is 1.12 bits per heavy atom. The Hall–Kier alpha value is -2.64. The van der Waals surface area contributed by atoms with Crippen molar-refractivity contribution in [2.75, 3.05) is 0 Å². The van der Waals surface area contributed by atoms with E-state index in [9.17, 15) is 9.90 Å². The number of rotatable bonds is 5. The van der Waals surface area contributed by atoms with Crippen molar-refractivity contribution in [3.63, 3.8) is 0 Å². The molecule has 5 rings (SSSR count). The summed E-state index contributed by atoms with van der Waals surface area (Å²) in [5, 5.41) is 14.6. The monoisotopic (exact) mass is 495 g/mol. The maximum absolute atomic E-state index is 13.3. The average molecular weight is 496 g/mol. The van der Waals surface area contributed by atoms with Crippen molar-refractivity contribution in [2.24, 2.45) is 7.05 Å². The third-order valence-electron chi connectivity index (χ3n) is 6.36. The van der Waals surface area contributed by atoms with Crippen LogP contribution < -0.4 is 4.74 Å². The molecule has 6 nitrogen and oxygen atoms in total. The van der Waals surface area contributed by atoms with Gasteiger partial charge in [0.25, 0.3) is 5.91 Å². The molecule has 2 atom stereocenters. The van der Waals surface area contributed by atoms with Crippen LogP contribution in [-0.2, 0) is 20.1 Å². The molecule has 32 heavy (non-hydrogen) atoms. The van der Waals surface area contributed by atoms with Gasteiger partial charge in [-0.05, 0) is 57.9 Å². The van der Waals surface area contributed by atoms with E-state index in [0.717, 1.165) is 52.4 Å². The molecule has 0 spiro atoms. The lowest BCUT2D eigenvalue weighted by Crippen LogP contribution is -2.35. The molecular formula is C25H26BrN3O3. The fraction of sp³-hybridized carbons (Fsp3) is 0.360. The van der Waals surface area contributed by atoms with E-state index in [4.69, 9.17) is 4.74 Å². The molecular weight excluding hydrogens is 470 g/mol. The van der Waals surface area contributed by atoms with E-state index in [0.29, 0.717) is 24.4 Å². The van der Waals surface area contributed by atoms with Crippen molar-refractivity contribution in [1.29, 1.82) is 0 Å². The smallest absolute Gasteiger partial charge is 0.258 e. The number of aryl methyl sites for hydroxylation is 1. The van der Waals surface area contributed by atoms with Gasteiger partial charge < -0.3 is 14.7 Å². The van der Waals surface area contributed by atoms with Crippen molar-refractivity contribution in [3.8, 4) is 16.9 Å². The number of aliphatic hydroxyl groups is 1. The zero-order valence-corrected chi connectivity index (χ0v) is 19.6. The molecule has 2 aliphatic rings. The largest absolute Gasteiger partial charge is 0.486 e. The molecule has 0 bridgehead atoms. The van der Waals surface area contributed by atoms with E-state index >= 15 is 0 Å². The van der Waals surface area contributed by atoms with Gasteiger partial charge in [0.05, 0.1) is 22.3 Å². The molecule has 1 aromatic heterocycles. The molecule has 2 heterocycles. The Kier molecular flexibility index (Phi) is 5.78. The Morgan fingerprint density at radius 3 is 2.62 bits per heavy atom. The van der Waals surface area contributed by atoms with Crippen LogP contribution in [0.15, 0.2) is 53.3 Å². The number of nitrogens with zero attached hydrogens (tertiary/aromatic N) is 3. The van der Waals surface area contributed by atoms with Crippen LogP contribution in [0.1, 0.15) is 47.2 Å². The molecule has 0 radical (unpaired) electrons. The summed E-state index contributed by atoms with van der Waals surface area (Å²) in [4.78, 5) is 15.2. The lowest BCUT2D eigenvalue weighted by atomic mass is 9.94. The second kappa shape index (κ2) is 8.71. The zero-order chi connectivity index (χ0) is 22.2. The predicted octanol–water partition coefficient (Wildman–Crippen LogP) is 4.69. The zero-order valence-electron chi connectivity index (χ0n) is 18.0. The minimum atomic E-state index is -0.488. The highest BCUT2D eigenvalue weighted by molar-refractivity contribution is 9.10. The summed E-state index contributed by atoms with van der Waals surface area (Å²) in [7, 11) is 1.90. The Balaban J connectivity index is 1.34. The molecule has 1 amide bonds. The first kappa shape index (κ1) is 21.2. The van der Waals surface area contributed by atoms with Crippen LogP contribution in [0.5, 0.6) is 5.75 Å². The standard InChI is InChI=1S/C25H26BrN3O3/c1-28-14-19(12-27-28)17-8-6-16(7-9-17)13-29-15-18-10-11-20(26)24(23(18)25(29)31)32-22-5-3-2-4-21(22)30/h6-12,14,21-22,30H,2-5,13,15H2,1H3/t21-,22-/m0/s1. The van der Waals surface area contributed by atoms with Crippen LogP contribution in [0.3, 0.4) is 0 Å². The number of ether oxygens (including phenoxy) is 1. The minimum absolute atomic E-state index is 0.0297. The van der Waals surface area contributed by atoms with E-state index in [-0.39, 0.29) is 12.0 Å². The number of carbonyl (C=O) groups is 1. The van der Waals surface area contributed by atoms with E-state index in [1.807, 2.05) is 36.5 Å². The van der Waals surface area contributed by atoms with Gasteiger partial charge in [-0.2, -0.15) is 5.10 Å². The predicted molar refractivity (Wildman–Crippen MR) is 125 cm³/mol. The molecule has 1 N–H and O–H groups in total. The van der Waals surface area contributed by atoms with Crippen LogP contribution in [-0.4, -0.2) is 37.9 Å². The number of hydrogen-bond donors (Lipinski definition) is 1. The van der Waals surface area contributed by atoms with E-state index < -0.39 is 6.10 Å². The Bertz CT molecular complexity index is 1140. The van der Waals surface area contributed by atoms with Crippen LogP contribution in [0.25, 0.3) is 11.1 Å². The van der Waals surface area contributed by atoms with Gasteiger partial charge in [-0.25, -0.2) is 0 Å². The van der Waals surface area contributed by atoms with Crippen LogP contribution in [0.2, 0.25) is 0 Å². The molecule has 1 fully saturated rings. The molecule has 0 saturated heterocycles. The van der Waals surface area contributed by atoms with Crippen molar-refractivity contribution >= 4 is 21.8 Å². The maximum Gasteiger partial charge on any atom is 0.258 e. The number of fused-ring (bicyclic) bond motifs is 1. The normalized spacial score (nSPS) is 20.5. The summed E-state index contributed by atoms with van der Waals surface area (Å²) in [5.41, 5.74) is 4.82. The van der Waals surface area contributed by atoms with Crippen molar-refractivity contribution in [1.82, 2.24) is 14.7 Å². The average Bonchev–Trinajstić information content (AvgIpc) is 3.36. The summed E-state index contributed by atoms with van der Waals surface area (Å²) in [5.74, 6) is 0.533. The molecule has 7 heteroatoms. The van der Waals surface area contributed by atoms with Crippen LogP contribution >= 0.6 is 15.9 Å². The molecule has 166 valence electrons. The molecule has 1 aliphatic carbocycles. The number of halogens is 1. The van der Waals surface area contributed by atoms with Gasteiger partial charge in [-0.3, -0.25) is 9.48 Å². The number of benzene rings is 2. The summed E-state index contributed by atoms with van der Waals surface area (Å²) >= 11 is 3.56. The van der Waals surface area contributed by atoms with Crippen LogP contribution in [0, 0.1) is 0 Å². The first-order chi connectivity index (χ1) is 15.5. The summed E-state index contributed by atoms with van der Waals surface area (Å²) < 4.78 is 8.76. The van der Waals surface area contributed by atoms with E-state index in [1.165, 1.54) is 0 Å². The number of amides is 1. The van der Waals surface area contributed by atoms with Gasteiger partial charge in [-0.1, -0.05) is 36.8 Å². The van der Waals surface area contributed by atoms with Gasteiger partial charge >= 0.3 is 0 Å². The molecule has 2 aromatic carbocycles. The summed E-state index contributed by atoms with van der Waals surface area (Å²) in [6, 6.07) is 12.2. The third-order valence-corrected chi connectivity index (χ3v) is 6.99. The Labute approximate surface area is 195 Å². The summed E-state index contributed by atoms with van der Waals surface area (Å²) in [6.45, 7) is 1.08. The van der Waals surface area contributed by atoms with Gasteiger partial charge in [0.1, 0.15) is 11.9 Å². The lowest BCUT2D eigenvalue weighted by molar-refractivity contribution is 0.00597. The highest BCUT2D eigenvalue weighted by Gasteiger charge is 2.34. The second-order valence-electron chi connectivity index (χ2n) is 8.68. The van der Waals surface area contributed by atoms with Gasteiger partial charge in [0.15, 0.2) is 0 Å². The molecule has 3 aromatic rings. The Morgan fingerprint density at radius 2 is 1.91 bits per heavy atom. The van der Waals surface area contributed by atoms with Crippen molar-refractivity contribution in [3.05, 3.63) is 70.0 Å². The SMILES string of the molecule is Cn1cc(-c2ccc(CN3Cc4ccc(Br)c(O[C@H]5CCCC[C@@H]5O)c4C3=O)cc2)cn1. The highest BCUT2D eigenvalue weighted by Crippen LogP contribution is 2.39. The third kappa shape index (κ3) is 4.07. The maximum atomic E-state index is 13.3. The first-order valence-electron chi connectivity index (χ1n) is 11.0. The second-order valence-corrected chi connectivity index (χ2v) is 9.53. The highest BCUT2D eigenvalue weighted by atomic mass is 79.9. The van der Waals surface area contributed by atoms with Gasteiger partial charge in [-0.15, -0.1) is 0 Å². The summed E-state index contributed by atoms with van der Waals surface area (Å²) in [6.07, 6.45) is 6.66. The van der Waals surface area contributed by atoms with Crippen LogP contribution in [0.4, 0.5) is 0 Å².